The lowest BCUT2D eigenvalue weighted by atomic mass is 9.95. The summed E-state index contributed by atoms with van der Waals surface area (Å²) in [5, 5.41) is -0.791. The lowest BCUT2D eigenvalue weighted by Crippen LogP contribution is -2.43. The van der Waals surface area contributed by atoms with Crippen LogP contribution in [-0.4, -0.2) is 15.9 Å². The van der Waals surface area contributed by atoms with Gasteiger partial charge in [0.25, 0.3) is 0 Å². The van der Waals surface area contributed by atoms with E-state index >= 15 is 0 Å². The van der Waals surface area contributed by atoms with Crippen LogP contribution in [0, 0.1) is 0 Å². The molecule has 0 aliphatic heterocycles. The first-order valence-electron chi connectivity index (χ1n) is 6.50. The molecule has 0 saturated heterocycles. The monoisotopic (exact) mass is 328 g/mol. The van der Waals surface area contributed by atoms with Crippen LogP contribution in [0.25, 0.3) is 21.7 Å². The highest BCUT2D eigenvalue weighted by Crippen LogP contribution is 2.65. The van der Waals surface area contributed by atoms with Crippen LogP contribution in [0.2, 0.25) is 0 Å². The number of hydrogen-bond acceptors (Lipinski definition) is 2. The molecule has 0 spiro atoms. The van der Waals surface area contributed by atoms with E-state index in [9.17, 15) is 26.3 Å². The van der Waals surface area contributed by atoms with Crippen molar-refractivity contribution in [3.63, 3.8) is 0 Å². The standard InChI is InChI=1S/C15H6F6N2/c16-13(17)10-8-2-1-4-23-12(8)7-3-5-22-6-9(7)11(10)14(18,19)15(13,20)21/h1-6H. The minimum atomic E-state index is -5.53. The number of aromatic nitrogens is 2. The number of fused-ring (bicyclic) bond motifs is 6. The van der Waals surface area contributed by atoms with Gasteiger partial charge < -0.3 is 0 Å². The smallest absolute Gasteiger partial charge is 0.264 e. The van der Waals surface area contributed by atoms with Crippen molar-refractivity contribution in [3.8, 4) is 0 Å². The molecule has 2 nitrogen and oxygen atoms in total. The molecular formula is C15H6F6N2. The SMILES string of the molecule is FC1(F)c2c(c3cccnc3c3ccncc23)C(F)(F)C1(F)F. The van der Waals surface area contributed by atoms with Crippen molar-refractivity contribution < 1.29 is 26.3 Å². The maximum Gasteiger partial charge on any atom is 0.380 e. The number of rotatable bonds is 0. The van der Waals surface area contributed by atoms with Gasteiger partial charge in [-0.3, -0.25) is 9.97 Å². The van der Waals surface area contributed by atoms with Gasteiger partial charge in [0.2, 0.25) is 0 Å². The summed E-state index contributed by atoms with van der Waals surface area (Å²) in [6.07, 6.45) is 3.41. The molecule has 23 heavy (non-hydrogen) atoms. The van der Waals surface area contributed by atoms with Crippen molar-refractivity contribution in [1.82, 2.24) is 9.97 Å². The van der Waals surface area contributed by atoms with E-state index in [1.165, 1.54) is 24.5 Å². The van der Waals surface area contributed by atoms with Gasteiger partial charge >= 0.3 is 17.8 Å². The van der Waals surface area contributed by atoms with Gasteiger partial charge in [-0.25, -0.2) is 0 Å². The molecule has 1 aromatic carbocycles. The van der Waals surface area contributed by atoms with Gasteiger partial charge in [0.05, 0.1) is 5.52 Å². The van der Waals surface area contributed by atoms with E-state index in [2.05, 4.69) is 9.97 Å². The summed E-state index contributed by atoms with van der Waals surface area (Å²) in [4.78, 5) is 7.50. The Labute approximate surface area is 124 Å². The number of alkyl halides is 6. The Bertz CT molecular complexity index is 890. The zero-order valence-electron chi connectivity index (χ0n) is 11.1. The highest BCUT2D eigenvalue weighted by molar-refractivity contribution is 6.09. The first-order chi connectivity index (χ1) is 10.7. The lowest BCUT2D eigenvalue weighted by molar-refractivity contribution is -0.301. The van der Waals surface area contributed by atoms with Gasteiger partial charge in [0.1, 0.15) is 0 Å². The summed E-state index contributed by atoms with van der Waals surface area (Å²) < 4.78 is 84.4. The maximum absolute atomic E-state index is 14.2. The third-order valence-electron chi connectivity index (χ3n) is 4.09. The summed E-state index contributed by atoms with van der Waals surface area (Å²) in [6.45, 7) is 0. The van der Waals surface area contributed by atoms with Crippen LogP contribution >= 0.6 is 0 Å². The molecule has 0 fully saturated rings. The summed E-state index contributed by atoms with van der Waals surface area (Å²) in [6, 6.07) is 3.61. The molecule has 118 valence electrons. The molecule has 1 aliphatic carbocycles. The predicted octanol–water partition coefficient (Wildman–Crippen LogP) is 4.62. The molecular weight excluding hydrogens is 322 g/mol. The zero-order valence-corrected chi connectivity index (χ0v) is 11.1. The lowest BCUT2D eigenvalue weighted by Gasteiger charge is -2.23. The number of halogens is 6. The molecule has 0 bridgehead atoms. The summed E-state index contributed by atoms with van der Waals surface area (Å²) >= 11 is 0. The van der Waals surface area contributed by atoms with E-state index in [-0.39, 0.29) is 10.9 Å². The summed E-state index contributed by atoms with van der Waals surface area (Å²) in [5.41, 5.74) is -2.80. The van der Waals surface area contributed by atoms with E-state index in [1.807, 2.05) is 0 Å². The van der Waals surface area contributed by atoms with E-state index in [4.69, 9.17) is 0 Å². The quantitative estimate of drug-likeness (QED) is 0.445. The highest BCUT2D eigenvalue weighted by Gasteiger charge is 2.80. The summed E-state index contributed by atoms with van der Waals surface area (Å²) in [5.74, 6) is -15.6. The van der Waals surface area contributed by atoms with Crippen LogP contribution in [0.15, 0.2) is 36.8 Å². The van der Waals surface area contributed by atoms with E-state index in [0.29, 0.717) is 0 Å². The number of nitrogens with zero attached hydrogens (tertiary/aromatic N) is 2. The van der Waals surface area contributed by atoms with Gasteiger partial charge in [-0.1, -0.05) is 6.07 Å². The molecule has 4 rings (SSSR count). The van der Waals surface area contributed by atoms with Crippen molar-refractivity contribution in [2.45, 2.75) is 17.8 Å². The van der Waals surface area contributed by atoms with Crippen molar-refractivity contribution in [1.29, 1.82) is 0 Å². The van der Waals surface area contributed by atoms with Crippen molar-refractivity contribution in [3.05, 3.63) is 47.9 Å². The number of benzene rings is 1. The average Bonchev–Trinajstić information content (AvgIpc) is 2.63. The molecule has 0 amide bonds. The van der Waals surface area contributed by atoms with E-state index in [1.54, 1.807) is 0 Å². The third-order valence-corrected chi connectivity index (χ3v) is 4.09. The van der Waals surface area contributed by atoms with E-state index in [0.717, 1.165) is 12.3 Å². The molecule has 2 aromatic heterocycles. The largest absolute Gasteiger partial charge is 0.380 e. The molecule has 8 heteroatoms. The molecule has 0 radical (unpaired) electrons. The fraction of sp³-hybridized carbons (Fsp3) is 0.200. The normalized spacial score (nSPS) is 20.8. The Hall–Kier alpha value is -2.38. The van der Waals surface area contributed by atoms with Gasteiger partial charge in [-0.15, -0.1) is 0 Å². The zero-order chi connectivity index (χ0) is 16.6. The minimum Gasteiger partial charge on any atom is -0.264 e. The van der Waals surface area contributed by atoms with Crippen molar-refractivity contribution in [2.24, 2.45) is 0 Å². The third kappa shape index (κ3) is 1.41. The Balaban J connectivity index is 2.36. The first kappa shape index (κ1) is 14.2. The average molecular weight is 328 g/mol. The van der Waals surface area contributed by atoms with Crippen LogP contribution in [0.1, 0.15) is 11.1 Å². The van der Waals surface area contributed by atoms with Gasteiger partial charge in [-0.05, 0) is 12.1 Å². The Morgan fingerprint density at radius 1 is 0.739 bits per heavy atom. The van der Waals surface area contributed by atoms with Crippen LogP contribution in [-0.2, 0) is 11.8 Å². The van der Waals surface area contributed by atoms with Crippen molar-refractivity contribution >= 4 is 21.7 Å². The molecule has 0 atom stereocenters. The van der Waals surface area contributed by atoms with Crippen molar-refractivity contribution in [2.75, 3.05) is 0 Å². The Morgan fingerprint density at radius 3 is 2.09 bits per heavy atom. The molecule has 1 aliphatic rings. The van der Waals surface area contributed by atoms with Gasteiger partial charge in [0, 0.05) is 45.9 Å². The second-order valence-corrected chi connectivity index (χ2v) is 5.29. The topological polar surface area (TPSA) is 25.8 Å². The van der Waals surface area contributed by atoms with Crippen LogP contribution in [0.4, 0.5) is 26.3 Å². The van der Waals surface area contributed by atoms with Crippen LogP contribution in [0.5, 0.6) is 0 Å². The number of hydrogen-bond donors (Lipinski definition) is 0. The minimum absolute atomic E-state index is 0.0446. The number of pyridine rings is 2. The fourth-order valence-electron chi connectivity index (χ4n) is 3.05. The molecule has 3 aromatic rings. The van der Waals surface area contributed by atoms with E-state index < -0.39 is 39.7 Å². The van der Waals surface area contributed by atoms with Gasteiger partial charge in [-0.2, -0.15) is 26.3 Å². The van der Waals surface area contributed by atoms with Gasteiger partial charge in [0.15, 0.2) is 0 Å². The Kier molecular flexibility index (Phi) is 2.43. The van der Waals surface area contributed by atoms with Crippen LogP contribution in [0.3, 0.4) is 0 Å². The first-order valence-corrected chi connectivity index (χ1v) is 6.50. The fourth-order valence-corrected chi connectivity index (χ4v) is 3.05. The molecule has 0 saturated carbocycles. The molecule has 0 N–H and O–H groups in total. The summed E-state index contributed by atoms with van der Waals surface area (Å²) in [7, 11) is 0. The van der Waals surface area contributed by atoms with Crippen LogP contribution < -0.4 is 0 Å². The molecule has 2 heterocycles. The predicted molar refractivity (Wildman–Crippen MR) is 69.8 cm³/mol. The Morgan fingerprint density at radius 2 is 1.39 bits per heavy atom. The second kappa shape index (κ2) is 3.93. The highest BCUT2D eigenvalue weighted by atomic mass is 19.3. The maximum atomic E-state index is 14.2. The second-order valence-electron chi connectivity index (χ2n) is 5.29. The molecule has 0 unspecified atom stereocenters.